The first kappa shape index (κ1) is 14.8. The number of hydrogen-bond donors (Lipinski definition) is 1. The van der Waals surface area contributed by atoms with Gasteiger partial charge in [0.2, 0.25) is 0 Å². The van der Waals surface area contributed by atoms with E-state index in [0.29, 0.717) is 24.8 Å². The van der Waals surface area contributed by atoms with Crippen LogP contribution in [0.25, 0.3) is 0 Å². The Kier molecular flexibility index (Phi) is 4.63. The van der Waals surface area contributed by atoms with Gasteiger partial charge in [0.1, 0.15) is 5.75 Å². The van der Waals surface area contributed by atoms with E-state index in [9.17, 15) is 8.42 Å². The number of nitrogens with one attached hydrogen (secondary N) is 1. The van der Waals surface area contributed by atoms with Crippen molar-refractivity contribution in [2.45, 2.75) is 36.2 Å². The van der Waals surface area contributed by atoms with Gasteiger partial charge in [0, 0.05) is 18.7 Å². The smallest absolute Gasteiger partial charge is 0.175 e. The van der Waals surface area contributed by atoms with E-state index < -0.39 is 9.84 Å². The molecule has 5 nitrogen and oxygen atoms in total. The fourth-order valence-corrected chi connectivity index (χ4v) is 2.46. The second-order valence-corrected chi connectivity index (χ2v) is 7.02. The van der Waals surface area contributed by atoms with Crippen molar-refractivity contribution in [3.05, 3.63) is 24.3 Å². The Balaban J connectivity index is 1.86. The number of rotatable bonds is 7. The van der Waals surface area contributed by atoms with E-state index in [4.69, 9.17) is 10.00 Å². The maximum Gasteiger partial charge on any atom is 0.175 e. The molecule has 0 radical (unpaired) electrons. The van der Waals surface area contributed by atoms with Gasteiger partial charge in [-0.2, -0.15) is 5.26 Å². The van der Waals surface area contributed by atoms with Crippen molar-refractivity contribution in [2.75, 3.05) is 12.9 Å². The highest BCUT2D eigenvalue weighted by Gasteiger charge is 2.24. The molecular formula is C14H18N2O3S. The van der Waals surface area contributed by atoms with E-state index in [0.717, 1.165) is 19.1 Å². The zero-order valence-corrected chi connectivity index (χ0v) is 12.2. The summed E-state index contributed by atoms with van der Waals surface area (Å²) in [5.74, 6) is 0.510. The van der Waals surface area contributed by atoms with E-state index in [-0.39, 0.29) is 10.9 Å². The molecule has 1 aliphatic carbocycles. The molecule has 0 saturated heterocycles. The Labute approximate surface area is 119 Å². The van der Waals surface area contributed by atoms with Gasteiger partial charge in [-0.1, -0.05) is 6.07 Å². The minimum Gasteiger partial charge on any atom is -0.493 e. The van der Waals surface area contributed by atoms with Gasteiger partial charge in [0.05, 0.1) is 23.6 Å². The lowest BCUT2D eigenvalue weighted by molar-refractivity contribution is 0.296. The van der Waals surface area contributed by atoms with Gasteiger partial charge < -0.3 is 4.74 Å². The summed E-state index contributed by atoms with van der Waals surface area (Å²) in [6, 6.07) is 8.88. The summed E-state index contributed by atoms with van der Waals surface area (Å²) in [6.07, 6.45) is 4.01. The van der Waals surface area contributed by atoms with E-state index in [1.807, 2.05) is 0 Å². The van der Waals surface area contributed by atoms with E-state index in [1.165, 1.54) is 12.1 Å². The highest BCUT2D eigenvalue weighted by atomic mass is 32.2. The maximum atomic E-state index is 11.4. The molecule has 1 saturated carbocycles. The van der Waals surface area contributed by atoms with E-state index >= 15 is 0 Å². The first-order chi connectivity index (χ1) is 9.49. The lowest BCUT2D eigenvalue weighted by Gasteiger charge is -2.12. The standard InChI is InChI=1S/C14H18N2O3S/c1-20(17,18)14-4-2-3-13(9-14)19-8-7-12(10-15)16-11-5-6-11/h2-4,9,11-12,16H,5-8H2,1H3. The lowest BCUT2D eigenvalue weighted by atomic mass is 10.2. The predicted molar refractivity (Wildman–Crippen MR) is 75.2 cm³/mol. The number of benzene rings is 1. The third kappa shape index (κ3) is 4.51. The summed E-state index contributed by atoms with van der Waals surface area (Å²) in [7, 11) is -3.22. The van der Waals surface area contributed by atoms with Crippen LogP contribution in [0.5, 0.6) is 5.75 Å². The number of sulfone groups is 1. The first-order valence-corrected chi connectivity index (χ1v) is 8.47. The Hall–Kier alpha value is -1.58. The van der Waals surface area contributed by atoms with Crippen LogP contribution in [0.4, 0.5) is 0 Å². The number of hydrogen-bond acceptors (Lipinski definition) is 5. The molecule has 1 unspecified atom stereocenters. The SMILES string of the molecule is CS(=O)(=O)c1cccc(OCCC(C#N)NC2CC2)c1. The Morgan fingerprint density at radius 3 is 2.85 bits per heavy atom. The molecule has 0 aliphatic heterocycles. The minimum absolute atomic E-state index is 0.208. The molecule has 1 aromatic rings. The van der Waals surface area contributed by atoms with Crippen molar-refractivity contribution < 1.29 is 13.2 Å². The van der Waals surface area contributed by atoms with Crippen molar-refractivity contribution in [2.24, 2.45) is 0 Å². The maximum absolute atomic E-state index is 11.4. The van der Waals surface area contributed by atoms with Crippen LogP contribution >= 0.6 is 0 Å². The van der Waals surface area contributed by atoms with Crippen molar-refractivity contribution in [1.29, 1.82) is 5.26 Å². The monoisotopic (exact) mass is 294 g/mol. The molecule has 20 heavy (non-hydrogen) atoms. The van der Waals surface area contributed by atoms with Crippen LogP contribution in [0.15, 0.2) is 29.2 Å². The van der Waals surface area contributed by atoms with Crippen LogP contribution in [-0.4, -0.2) is 33.4 Å². The minimum atomic E-state index is -3.22. The molecule has 6 heteroatoms. The topological polar surface area (TPSA) is 79.2 Å². The zero-order valence-electron chi connectivity index (χ0n) is 11.4. The summed E-state index contributed by atoms with van der Waals surface area (Å²) >= 11 is 0. The summed E-state index contributed by atoms with van der Waals surface area (Å²) < 4.78 is 28.4. The van der Waals surface area contributed by atoms with E-state index in [2.05, 4.69) is 11.4 Å². The second-order valence-electron chi connectivity index (χ2n) is 5.01. The lowest BCUT2D eigenvalue weighted by Crippen LogP contribution is -2.31. The van der Waals surface area contributed by atoms with Crippen LogP contribution in [0.1, 0.15) is 19.3 Å². The quantitative estimate of drug-likeness (QED) is 0.824. The van der Waals surface area contributed by atoms with Crippen LogP contribution in [0, 0.1) is 11.3 Å². The van der Waals surface area contributed by atoms with Crippen LogP contribution < -0.4 is 10.1 Å². The van der Waals surface area contributed by atoms with Gasteiger partial charge in [0.15, 0.2) is 9.84 Å². The summed E-state index contributed by atoms with van der Waals surface area (Å²) in [6.45, 7) is 0.380. The molecule has 0 aromatic heterocycles. The third-order valence-corrected chi connectivity index (χ3v) is 4.19. The molecule has 0 spiro atoms. The fraction of sp³-hybridized carbons (Fsp3) is 0.500. The average molecular weight is 294 g/mol. The number of nitrogens with zero attached hydrogens (tertiary/aromatic N) is 1. The van der Waals surface area contributed by atoms with Crippen LogP contribution in [0.2, 0.25) is 0 Å². The van der Waals surface area contributed by atoms with Crippen molar-refractivity contribution in [1.82, 2.24) is 5.32 Å². The molecule has 108 valence electrons. The van der Waals surface area contributed by atoms with Crippen molar-refractivity contribution >= 4 is 9.84 Å². The molecule has 1 aromatic carbocycles. The highest BCUT2D eigenvalue weighted by molar-refractivity contribution is 7.90. The largest absolute Gasteiger partial charge is 0.493 e. The Morgan fingerprint density at radius 2 is 2.25 bits per heavy atom. The summed E-state index contributed by atoms with van der Waals surface area (Å²) in [5.41, 5.74) is 0. The fourth-order valence-electron chi connectivity index (χ4n) is 1.81. The normalized spacial score (nSPS) is 16.4. The zero-order chi connectivity index (χ0) is 14.6. The molecule has 1 atom stereocenters. The number of nitriles is 1. The van der Waals surface area contributed by atoms with Gasteiger partial charge >= 0.3 is 0 Å². The van der Waals surface area contributed by atoms with Crippen LogP contribution in [-0.2, 0) is 9.84 Å². The Morgan fingerprint density at radius 1 is 1.50 bits per heavy atom. The van der Waals surface area contributed by atoms with Crippen molar-refractivity contribution in [3.63, 3.8) is 0 Å². The molecule has 1 N–H and O–H groups in total. The molecule has 1 aliphatic rings. The van der Waals surface area contributed by atoms with Gasteiger partial charge in [-0.15, -0.1) is 0 Å². The molecular weight excluding hydrogens is 276 g/mol. The predicted octanol–water partition coefficient (Wildman–Crippen LogP) is 1.50. The van der Waals surface area contributed by atoms with Gasteiger partial charge in [-0.25, -0.2) is 8.42 Å². The van der Waals surface area contributed by atoms with Gasteiger partial charge in [0.25, 0.3) is 0 Å². The summed E-state index contributed by atoms with van der Waals surface area (Å²) in [5, 5.41) is 12.2. The Bertz CT molecular complexity index is 603. The van der Waals surface area contributed by atoms with Gasteiger partial charge in [-0.3, -0.25) is 5.32 Å². The van der Waals surface area contributed by atoms with Crippen molar-refractivity contribution in [3.8, 4) is 11.8 Å². The summed E-state index contributed by atoms with van der Waals surface area (Å²) in [4.78, 5) is 0.239. The van der Waals surface area contributed by atoms with Gasteiger partial charge in [-0.05, 0) is 31.0 Å². The molecule has 0 bridgehead atoms. The molecule has 0 heterocycles. The first-order valence-electron chi connectivity index (χ1n) is 6.57. The second kappa shape index (κ2) is 6.25. The number of ether oxygens (including phenoxy) is 1. The third-order valence-electron chi connectivity index (χ3n) is 3.08. The average Bonchev–Trinajstić information content (AvgIpc) is 3.21. The molecule has 1 fully saturated rings. The van der Waals surface area contributed by atoms with E-state index in [1.54, 1.807) is 12.1 Å². The molecule has 0 amide bonds. The van der Waals surface area contributed by atoms with Crippen LogP contribution in [0.3, 0.4) is 0 Å². The molecule has 2 rings (SSSR count). The highest BCUT2D eigenvalue weighted by Crippen LogP contribution is 2.20.